The molecular formula is C27H32N2O4S. The summed E-state index contributed by atoms with van der Waals surface area (Å²) in [4.78, 5) is 12.6. The number of carbonyl (C=O) groups is 1. The zero-order chi connectivity index (χ0) is 24.9. The molecule has 0 aliphatic rings. The molecule has 3 rings (SSSR count). The Morgan fingerprint density at radius 3 is 2.15 bits per heavy atom. The van der Waals surface area contributed by atoms with Gasteiger partial charge in [-0.15, -0.1) is 0 Å². The Kier molecular flexibility index (Phi) is 7.99. The van der Waals surface area contributed by atoms with Gasteiger partial charge in [0.1, 0.15) is 5.75 Å². The standard InChI is InChI=1S/C27H32N2O4S/c1-19(2)33-25-11-7-10-23(16-25)17-28-27(30)24-14-12-22(13-15-24)18-29(34(5,31)32)26-20(3)8-6-9-21(26)4/h6-16,19H,17-18H2,1-5H3,(H,28,30). The Morgan fingerprint density at radius 1 is 0.941 bits per heavy atom. The van der Waals surface area contributed by atoms with E-state index < -0.39 is 10.0 Å². The quantitative estimate of drug-likeness (QED) is 0.468. The number of nitrogens with zero attached hydrogens (tertiary/aromatic N) is 1. The zero-order valence-electron chi connectivity index (χ0n) is 20.3. The fourth-order valence-electron chi connectivity index (χ4n) is 3.77. The number of hydrogen-bond acceptors (Lipinski definition) is 4. The topological polar surface area (TPSA) is 75.7 Å². The average molecular weight is 481 g/mol. The van der Waals surface area contributed by atoms with Gasteiger partial charge in [-0.05, 0) is 74.2 Å². The van der Waals surface area contributed by atoms with Crippen LogP contribution < -0.4 is 14.4 Å². The second kappa shape index (κ2) is 10.7. The number of para-hydroxylation sites is 1. The van der Waals surface area contributed by atoms with Gasteiger partial charge in [-0.3, -0.25) is 9.10 Å². The minimum Gasteiger partial charge on any atom is -0.491 e. The summed E-state index contributed by atoms with van der Waals surface area (Å²) >= 11 is 0. The fraction of sp³-hybridized carbons (Fsp3) is 0.296. The maximum Gasteiger partial charge on any atom is 0.251 e. The third-order valence-electron chi connectivity index (χ3n) is 5.35. The molecule has 0 aromatic heterocycles. The lowest BCUT2D eigenvalue weighted by Crippen LogP contribution is -2.30. The van der Waals surface area contributed by atoms with Crippen molar-refractivity contribution in [2.75, 3.05) is 10.6 Å². The summed E-state index contributed by atoms with van der Waals surface area (Å²) in [5.41, 5.74) is 4.73. The molecule has 0 spiro atoms. The summed E-state index contributed by atoms with van der Waals surface area (Å²) in [5, 5.41) is 2.92. The number of rotatable bonds is 9. The van der Waals surface area contributed by atoms with E-state index in [-0.39, 0.29) is 18.6 Å². The molecule has 7 heteroatoms. The zero-order valence-corrected chi connectivity index (χ0v) is 21.1. The van der Waals surface area contributed by atoms with E-state index in [0.717, 1.165) is 28.0 Å². The molecule has 0 fully saturated rings. The van der Waals surface area contributed by atoms with E-state index in [0.29, 0.717) is 17.8 Å². The highest BCUT2D eigenvalue weighted by atomic mass is 32.2. The Bertz CT molecular complexity index is 1230. The highest BCUT2D eigenvalue weighted by Crippen LogP contribution is 2.28. The minimum atomic E-state index is -3.49. The molecule has 0 bridgehead atoms. The third-order valence-corrected chi connectivity index (χ3v) is 6.47. The van der Waals surface area contributed by atoms with Crippen molar-refractivity contribution in [1.29, 1.82) is 0 Å². The van der Waals surface area contributed by atoms with Crippen molar-refractivity contribution in [3.8, 4) is 5.75 Å². The van der Waals surface area contributed by atoms with Gasteiger partial charge >= 0.3 is 0 Å². The van der Waals surface area contributed by atoms with Crippen LogP contribution in [-0.4, -0.2) is 26.7 Å². The van der Waals surface area contributed by atoms with Crippen molar-refractivity contribution in [1.82, 2.24) is 5.32 Å². The van der Waals surface area contributed by atoms with Crippen molar-refractivity contribution < 1.29 is 17.9 Å². The van der Waals surface area contributed by atoms with Crippen molar-refractivity contribution >= 4 is 21.6 Å². The highest BCUT2D eigenvalue weighted by molar-refractivity contribution is 7.92. The second-order valence-corrected chi connectivity index (χ2v) is 10.6. The average Bonchev–Trinajstić information content (AvgIpc) is 2.76. The molecule has 0 aliphatic carbocycles. The minimum absolute atomic E-state index is 0.0803. The molecular weight excluding hydrogens is 448 g/mol. The molecule has 1 amide bonds. The second-order valence-electron chi connectivity index (χ2n) is 8.70. The van der Waals surface area contributed by atoms with Gasteiger partial charge in [-0.2, -0.15) is 0 Å². The Hall–Kier alpha value is -3.32. The maximum absolute atomic E-state index is 12.6. The summed E-state index contributed by atoms with van der Waals surface area (Å²) in [6, 6.07) is 20.4. The first-order valence-corrected chi connectivity index (χ1v) is 13.1. The molecule has 0 unspecified atom stereocenters. The number of ether oxygens (including phenoxy) is 1. The first-order chi connectivity index (χ1) is 16.0. The van der Waals surface area contributed by atoms with E-state index in [4.69, 9.17) is 4.74 Å². The van der Waals surface area contributed by atoms with E-state index in [1.54, 1.807) is 24.3 Å². The number of sulfonamides is 1. The molecule has 0 aliphatic heterocycles. The number of nitrogens with one attached hydrogen (secondary N) is 1. The molecule has 0 atom stereocenters. The van der Waals surface area contributed by atoms with E-state index in [9.17, 15) is 13.2 Å². The van der Waals surface area contributed by atoms with E-state index >= 15 is 0 Å². The molecule has 0 saturated heterocycles. The lowest BCUT2D eigenvalue weighted by molar-refractivity contribution is 0.0950. The van der Waals surface area contributed by atoms with Gasteiger partial charge in [0.05, 0.1) is 24.6 Å². The van der Waals surface area contributed by atoms with Gasteiger partial charge < -0.3 is 10.1 Å². The maximum atomic E-state index is 12.6. The van der Waals surface area contributed by atoms with Gasteiger partial charge in [0, 0.05) is 12.1 Å². The number of amides is 1. The van der Waals surface area contributed by atoms with Gasteiger partial charge in [0.15, 0.2) is 0 Å². The van der Waals surface area contributed by atoms with Crippen molar-refractivity contribution in [2.24, 2.45) is 0 Å². The summed E-state index contributed by atoms with van der Waals surface area (Å²) in [5.74, 6) is 0.571. The van der Waals surface area contributed by atoms with Crippen LogP contribution in [0.15, 0.2) is 66.7 Å². The summed E-state index contributed by atoms with van der Waals surface area (Å²) in [6.45, 7) is 8.31. The van der Waals surface area contributed by atoms with Gasteiger partial charge in [0.25, 0.3) is 5.91 Å². The molecule has 6 nitrogen and oxygen atoms in total. The first-order valence-electron chi connectivity index (χ1n) is 11.2. The van der Waals surface area contributed by atoms with Crippen LogP contribution in [0.2, 0.25) is 0 Å². The number of benzene rings is 3. The van der Waals surface area contributed by atoms with Crippen LogP contribution in [0, 0.1) is 13.8 Å². The molecule has 180 valence electrons. The van der Waals surface area contributed by atoms with Crippen LogP contribution in [0.25, 0.3) is 0 Å². The molecule has 34 heavy (non-hydrogen) atoms. The smallest absolute Gasteiger partial charge is 0.251 e. The van der Waals surface area contributed by atoms with Crippen LogP contribution in [0.4, 0.5) is 5.69 Å². The van der Waals surface area contributed by atoms with Gasteiger partial charge in [-0.25, -0.2) is 8.42 Å². The predicted molar refractivity (Wildman–Crippen MR) is 137 cm³/mol. The largest absolute Gasteiger partial charge is 0.491 e. The highest BCUT2D eigenvalue weighted by Gasteiger charge is 2.21. The van der Waals surface area contributed by atoms with Crippen LogP contribution in [0.1, 0.15) is 46.5 Å². The van der Waals surface area contributed by atoms with Crippen LogP contribution in [0.3, 0.4) is 0 Å². The molecule has 0 radical (unpaired) electrons. The summed E-state index contributed by atoms with van der Waals surface area (Å²) in [7, 11) is -3.49. The van der Waals surface area contributed by atoms with E-state index in [2.05, 4.69) is 5.32 Å². The first kappa shape index (κ1) is 25.3. The van der Waals surface area contributed by atoms with Crippen LogP contribution in [-0.2, 0) is 23.1 Å². The molecule has 0 heterocycles. The monoisotopic (exact) mass is 480 g/mol. The Morgan fingerprint density at radius 2 is 1.56 bits per heavy atom. The molecule has 0 saturated carbocycles. The molecule has 3 aromatic carbocycles. The number of carbonyl (C=O) groups excluding carboxylic acids is 1. The Labute approximate surface area is 202 Å². The summed E-state index contributed by atoms with van der Waals surface area (Å²) < 4.78 is 32.3. The van der Waals surface area contributed by atoms with Crippen LogP contribution >= 0.6 is 0 Å². The van der Waals surface area contributed by atoms with Crippen LogP contribution in [0.5, 0.6) is 5.75 Å². The van der Waals surface area contributed by atoms with E-state index in [1.807, 2.05) is 70.2 Å². The van der Waals surface area contributed by atoms with Gasteiger partial charge in [0.2, 0.25) is 10.0 Å². The van der Waals surface area contributed by atoms with E-state index in [1.165, 1.54) is 10.6 Å². The Balaban J connectivity index is 1.70. The van der Waals surface area contributed by atoms with Gasteiger partial charge in [-0.1, -0.05) is 42.5 Å². The lowest BCUT2D eigenvalue weighted by Gasteiger charge is -2.26. The molecule has 3 aromatic rings. The van der Waals surface area contributed by atoms with Crippen molar-refractivity contribution in [3.05, 3.63) is 94.5 Å². The normalized spacial score (nSPS) is 11.4. The lowest BCUT2D eigenvalue weighted by atomic mass is 10.1. The predicted octanol–water partition coefficient (Wildman–Crippen LogP) is 4.99. The number of hydrogen-bond donors (Lipinski definition) is 1. The fourth-order valence-corrected chi connectivity index (χ4v) is 4.78. The molecule has 1 N–H and O–H groups in total. The number of aryl methyl sites for hydroxylation is 2. The van der Waals surface area contributed by atoms with Crippen molar-refractivity contribution in [3.63, 3.8) is 0 Å². The summed E-state index contributed by atoms with van der Waals surface area (Å²) in [6.07, 6.45) is 1.29. The van der Waals surface area contributed by atoms with Crippen molar-refractivity contribution in [2.45, 2.75) is 46.9 Å². The number of anilines is 1. The SMILES string of the molecule is Cc1cccc(C)c1N(Cc1ccc(C(=O)NCc2cccc(OC(C)C)c2)cc1)S(C)(=O)=O. The third kappa shape index (κ3) is 6.60.